The highest BCUT2D eigenvalue weighted by molar-refractivity contribution is 6.32. The van der Waals surface area contributed by atoms with E-state index in [1.54, 1.807) is 4.57 Å². The van der Waals surface area contributed by atoms with Crippen molar-refractivity contribution in [2.75, 3.05) is 0 Å². The normalized spacial score (nSPS) is 10.9. The van der Waals surface area contributed by atoms with Crippen LogP contribution in [-0.4, -0.2) is 20.6 Å². The molecule has 4 rings (SSSR count). The van der Waals surface area contributed by atoms with Gasteiger partial charge in [0.2, 0.25) is 0 Å². The highest BCUT2D eigenvalue weighted by Crippen LogP contribution is 2.27. The predicted molar refractivity (Wildman–Crippen MR) is 129 cm³/mol. The molecule has 5 heteroatoms. The van der Waals surface area contributed by atoms with E-state index < -0.39 is 5.97 Å². The van der Waals surface area contributed by atoms with Gasteiger partial charge in [0.15, 0.2) is 10.8 Å². The number of unbranched alkanes of at least 4 members (excludes halogenated alkanes) is 1. The molecule has 3 aromatic carbocycles. The van der Waals surface area contributed by atoms with Gasteiger partial charge in [-0.05, 0) is 40.3 Å². The Morgan fingerprint density at radius 2 is 1.53 bits per heavy atom. The largest absolute Gasteiger partial charge is 0.476 e. The number of rotatable bonds is 8. The molecule has 1 heterocycles. The third-order valence-corrected chi connectivity index (χ3v) is 5.82. The van der Waals surface area contributed by atoms with Crippen molar-refractivity contribution in [1.29, 1.82) is 0 Å². The van der Waals surface area contributed by atoms with Gasteiger partial charge in [0.1, 0.15) is 5.82 Å². The first-order valence-electron chi connectivity index (χ1n) is 10.8. The molecule has 4 aromatic rings. The van der Waals surface area contributed by atoms with Gasteiger partial charge in [0, 0.05) is 13.0 Å². The number of nitrogens with zero attached hydrogens (tertiary/aromatic N) is 2. The van der Waals surface area contributed by atoms with Crippen molar-refractivity contribution in [2.45, 2.75) is 32.7 Å². The Kier molecular flexibility index (Phi) is 6.72. The van der Waals surface area contributed by atoms with Crippen LogP contribution in [0.15, 0.2) is 78.9 Å². The van der Waals surface area contributed by atoms with Gasteiger partial charge in [0.05, 0.1) is 0 Å². The number of halogens is 1. The zero-order valence-electron chi connectivity index (χ0n) is 18.0. The van der Waals surface area contributed by atoms with Gasteiger partial charge in [-0.1, -0.05) is 97.7 Å². The molecular weight excluding hydrogens is 420 g/mol. The fraction of sp³-hybridized carbons (Fsp3) is 0.185. The van der Waals surface area contributed by atoms with Crippen molar-refractivity contribution in [3.63, 3.8) is 0 Å². The fourth-order valence-electron chi connectivity index (χ4n) is 3.86. The summed E-state index contributed by atoms with van der Waals surface area (Å²) in [6, 6.07) is 27.0. The van der Waals surface area contributed by atoms with E-state index in [9.17, 15) is 9.90 Å². The van der Waals surface area contributed by atoms with Crippen molar-refractivity contribution >= 4 is 17.6 Å². The predicted octanol–water partition coefficient (Wildman–Crippen LogP) is 6.96. The number of hydrogen-bond acceptors (Lipinski definition) is 2. The van der Waals surface area contributed by atoms with E-state index in [1.807, 2.05) is 30.3 Å². The van der Waals surface area contributed by atoms with E-state index in [-0.39, 0.29) is 10.8 Å². The number of aromatic nitrogens is 2. The Bertz CT molecular complexity index is 1210. The van der Waals surface area contributed by atoms with Crippen LogP contribution in [0.3, 0.4) is 0 Å². The van der Waals surface area contributed by atoms with Gasteiger partial charge in [-0.25, -0.2) is 9.78 Å². The first-order chi connectivity index (χ1) is 15.6. The van der Waals surface area contributed by atoms with E-state index in [2.05, 4.69) is 60.4 Å². The minimum atomic E-state index is -1.06. The maximum Gasteiger partial charge on any atom is 0.355 e. The highest BCUT2D eigenvalue weighted by atomic mass is 35.5. The Morgan fingerprint density at radius 3 is 2.16 bits per heavy atom. The Balaban J connectivity index is 1.60. The van der Waals surface area contributed by atoms with Gasteiger partial charge in [-0.3, -0.25) is 0 Å². The molecule has 32 heavy (non-hydrogen) atoms. The summed E-state index contributed by atoms with van der Waals surface area (Å²) in [4.78, 5) is 16.1. The summed E-state index contributed by atoms with van der Waals surface area (Å²) in [5.74, 6) is -0.339. The summed E-state index contributed by atoms with van der Waals surface area (Å²) in [5.41, 5.74) is 5.66. The minimum Gasteiger partial charge on any atom is -0.476 e. The Labute approximate surface area is 193 Å². The zero-order valence-corrected chi connectivity index (χ0v) is 18.7. The second kappa shape index (κ2) is 9.84. The molecule has 4 nitrogen and oxygen atoms in total. The summed E-state index contributed by atoms with van der Waals surface area (Å²) >= 11 is 6.15. The molecule has 0 aliphatic carbocycles. The number of benzene rings is 3. The van der Waals surface area contributed by atoms with Crippen LogP contribution in [0.1, 0.15) is 41.6 Å². The SMILES string of the molecule is CCCCc1nc(Cl)c(C(=O)O)n1Cc1ccc(-c2cccc(-c3ccccc3)c2)cc1. The number of carboxylic acid groups (broad SMARTS) is 1. The second-order valence-electron chi connectivity index (χ2n) is 7.81. The van der Waals surface area contributed by atoms with E-state index in [4.69, 9.17) is 11.6 Å². The van der Waals surface area contributed by atoms with E-state index in [0.29, 0.717) is 18.8 Å². The summed E-state index contributed by atoms with van der Waals surface area (Å²) < 4.78 is 1.73. The molecule has 0 atom stereocenters. The van der Waals surface area contributed by atoms with Crippen molar-refractivity contribution in [3.8, 4) is 22.3 Å². The fourth-order valence-corrected chi connectivity index (χ4v) is 4.14. The van der Waals surface area contributed by atoms with Crippen LogP contribution in [0.25, 0.3) is 22.3 Å². The number of imidazole rings is 1. The molecule has 0 bridgehead atoms. The summed E-state index contributed by atoms with van der Waals surface area (Å²) in [6.45, 7) is 2.52. The Hall–Kier alpha value is -3.37. The molecule has 0 unspecified atom stereocenters. The molecule has 0 aliphatic heterocycles. The van der Waals surface area contributed by atoms with Gasteiger partial charge >= 0.3 is 5.97 Å². The Morgan fingerprint density at radius 1 is 0.906 bits per heavy atom. The topological polar surface area (TPSA) is 55.1 Å². The average Bonchev–Trinajstić information content (AvgIpc) is 3.13. The molecule has 162 valence electrons. The van der Waals surface area contributed by atoms with Gasteiger partial charge < -0.3 is 9.67 Å². The quantitative estimate of drug-likeness (QED) is 0.319. The summed E-state index contributed by atoms with van der Waals surface area (Å²) in [6.07, 6.45) is 2.64. The lowest BCUT2D eigenvalue weighted by Gasteiger charge is -2.11. The lowest BCUT2D eigenvalue weighted by molar-refractivity contribution is 0.0685. The molecule has 0 radical (unpaired) electrons. The van der Waals surface area contributed by atoms with Crippen LogP contribution in [-0.2, 0) is 13.0 Å². The van der Waals surface area contributed by atoms with E-state index in [0.717, 1.165) is 29.5 Å². The highest BCUT2D eigenvalue weighted by Gasteiger charge is 2.21. The molecule has 1 aromatic heterocycles. The van der Waals surface area contributed by atoms with Gasteiger partial charge in [-0.2, -0.15) is 0 Å². The molecule has 1 N–H and O–H groups in total. The molecular formula is C27H25ClN2O2. The number of aromatic carboxylic acids is 1. The lowest BCUT2D eigenvalue weighted by atomic mass is 9.98. The maximum absolute atomic E-state index is 11.8. The van der Waals surface area contributed by atoms with Crippen molar-refractivity contribution in [3.05, 3.63) is 101 Å². The minimum absolute atomic E-state index is 0.0532. The zero-order chi connectivity index (χ0) is 22.5. The first-order valence-corrected chi connectivity index (χ1v) is 11.2. The van der Waals surface area contributed by atoms with Crippen LogP contribution in [0.2, 0.25) is 5.15 Å². The van der Waals surface area contributed by atoms with Crippen molar-refractivity contribution in [2.24, 2.45) is 0 Å². The lowest BCUT2D eigenvalue weighted by Crippen LogP contribution is -2.13. The smallest absolute Gasteiger partial charge is 0.355 e. The molecule has 0 aliphatic rings. The van der Waals surface area contributed by atoms with Crippen LogP contribution in [0.5, 0.6) is 0 Å². The third-order valence-electron chi connectivity index (χ3n) is 5.56. The second-order valence-corrected chi connectivity index (χ2v) is 8.16. The van der Waals surface area contributed by atoms with Gasteiger partial charge in [-0.15, -0.1) is 0 Å². The van der Waals surface area contributed by atoms with Crippen LogP contribution >= 0.6 is 11.6 Å². The summed E-state index contributed by atoms with van der Waals surface area (Å²) in [7, 11) is 0. The molecule has 0 saturated heterocycles. The number of carboxylic acids is 1. The first kappa shape index (κ1) is 21.8. The van der Waals surface area contributed by atoms with E-state index >= 15 is 0 Å². The number of carbonyl (C=O) groups is 1. The maximum atomic E-state index is 11.8. The summed E-state index contributed by atoms with van der Waals surface area (Å²) in [5, 5.41) is 9.68. The van der Waals surface area contributed by atoms with Crippen molar-refractivity contribution in [1.82, 2.24) is 9.55 Å². The standard InChI is InChI=1S/C27H25ClN2O2/c1-2-3-12-24-29-26(28)25(27(31)32)30(24)18-19-13-15-21(16-14-19)23-11-7-10-22(17-23)20-8-5-4-6-9-20/h4-11,13-17H,2-3,12,18H2,1H3,(H,31,32). The molecule has 0 amide bonds. The van der Waals surface area contributed by atoms with Crippen molar-refractivity contribution < 1.29 is 9.90 Å². The van der Waals surface area contributed by atoms with Crippen LogP contribution in [0, 0.1) is 0 Å². The average molecular weight is 445 g/mol. The van der Waals surface area contributed by atoms with Crippen LogP contribution in [0.4, 0.5) is 0 Å². The monoisotopic (exact) mass is 444 g/mol. The third kappa shape index (κ3) is 4.76. The van der Waals surface area contributed by atoms with E-state index in [1.165, 1.54) is 11.1 Å². The van der Waals surface area contributed by atoms with Gasteiger partial charge in [0.25, 0.3) is 0 Å². The number of aryl methyl sites for hydroxylation is 1. The van der Waals surface area contributed by atoms with Crippen LogP contribution < -0.4 is 0 Å². The molecule has 0 spiro atoms. The molecule has 0 saturated carbocycles. The number of hydrogen-bond donors (Lipinski definition) is 1. The molecule has 0 fully saturated rings.